The van der Waals surface area contributed by atoms with Gasteiger partial charge in [0, 0.05) is 31.4 Å². The van der Waals surface area contributed by atoms with E-state index in [1.807, 2.05) is 51.1 Å². The van der Waals surface area contributed by atoms with Gasteiger partial charge in [-0.3, -0.25) is 15.1 Å². The topological polar surface area (TPSA) is 110 Å². The molecule has 0 aliphatic heterocycles. The fourth-order valence-electron chi connectivity index (χ4n) is 3.52. The molecule has 0 saturated carbocycles. The van der Waals surface area contributed by atoms with Crippen LogP contribution in [0.2, 0.25) is 5.02 Å². The lowest BCUT2D eigenvalue weighted by molar-refractivity contribution is 0.0958. The van der Waals surface area contributed by atoms with E-state index in [1.165, 1.54) is 19.3 Å². The standard InChI is InChI=1S/C27H27ClN6O3/c1-16(2)23-15-25(34(33-23)18-7-5-6-17(3)12-18)32-27(36)31-22-9-8-19(13-21(22)28)37-20-10-11-30-24(14-20)26(35)29-4/h5-16H,1-4H3,(H,29,35)(H2,31,32,36). The average molecular weight is 519 g/mol. The Morgan fingerprint density at radius 3 is 2.49 bits per heavy atom. The normalized spacial score (nSPS) is 10.8. The number of hydrogen-bond donors (Lipinski definition) is 3. The van der Waals surface area contributed by atoms with E-state index in [0.717, 1.165) is 16.9 Å². The molecule has 3 amide bonds. The van der Waals surface area contributed by atoms with E-state index in [0.29, 0.717) is 23.0 Å². The van der Waals surface area contributed by atoms with Crippen LogP contribution in [0.15, 0.2) is 66.9 Å². The minimum absolute atomic E-state index is 0.185. The lowest BCUT2D eigenvalue weighted by atomic mass is 10.1. The monoisotopic (exact) mass is 518 g/mol. The second kappa shape index (κ2) is 11.1. The van der Waals surface area contributed by atoms with Gasteiger partial charge in [-0.15, -0.1) is 0 Å². The molecule has 0 aliphatic carbocycles. The van der Waals surface area contributed by atoms with Crippen molar-refractivity contribution in [2.45, 2.75) is 26.7 Å². The molecule has 2 aromatic carbocycles. The Balaban J connectivity index is 1.49. The first-order valence-electron chi connectivity index (χ1n) is 11.6. The number of benzene rings is 2. The Morgan fingerprint density at radius 1 is 1.00 bits per heavy atom. The first-order chi connectivity index (χ1) is 17.7. The smallest absolute Gasteiger partial charge is 0.324 e. The molecular weight excluding hydrogens is 492 g/mol. The summed E-state index contributed by atoms with van der Waals surface area (Å²) in [4.78, 5) is 28.7. The number of amides is 3. The first-order valence-corrected chi connectivity index (χ1v) is 12.0. The number of aromatic nitrogens is 3. The van der Waals surface area contributed by atoms with Crippen LogP contribution in [0.1, 0.15) is 41.5 Å². The number of carbonyl (C=O) groups is 2. The van der Waals surface area contributed by atoms with E-state index < -0.39 is 6.03 Å². The number of carbonyl (C=O) groups excluding carboxylic acids is 2. The van der Waals surface area contributed by atoms with Gasteiger partial charge >= 0.3 is 6.03 Å². The van der Waals surface area contributed by atoms with Gasteiger partial charge in [0.15, 0.2) is 0 Å². The summed E-state index contributed by atoms with van der Waals surface area (Å²) in [6.07, 6.45) is 1.48. The van der Waals surface area contributed by atoms with E-state index in [2.05, 4.69) is 26.0 Å². The second-order valence-electron chi connectivity index (χ2n) is 8.64. The van der Waals surface area contributed by atoms with Crippen LogP contribution in [0.4, 0.5) is 16.3 Å². The van der Waals surface area contributed by atoms with Gasteiger partial charge in [-0.2, -0.15) is 5.10 Å². The molecule has 190 valence electrons. The van der Waals surface area contributed by atoms with Crippen LogP contribution in [-0.2, 0) is 0 Å². The molecule has 0 unspecified atom stereocenters. The van der Waals surface area contributed by atoms with Gasteiger partial charge in [0.05, 0.1) is 22.1 Å². The Kier molecular flexibility index (Phi) is 7.74. The molecule has 10 heteroatoms. The molecule has 0 fully saturated rings. The molecule has 2 aromatic heterocycles. The number of nitrogens with zero attached hydrogens (tertiary/aromatic N) is 3. The van der Waals surface area contributed by atoms with E-state index in [1.54, 1.807) is 28.9 Å². The number of urea groups is 1. The van der Waals surface area contributed by atoms with Crippen LogP contribution in [0, 0.1) is 6.92 Å². The molecule has 0 atom stereocenters. The zero-order valence-corrected chi connectivity index (χ0v) is 21.6. The first kappa shape index (κ1) is 25.7. The van der Waals surface area contributed by atoms with Gasteiger partial charge in [0.2, 0.25) is 0 Å². The molecule has 0 spiro atoms. The van der Waals surface area contributed by atoms with Crippen molar-refractivity contribution in [3.63, 3.8) is 0 Å². The molecule has 4 rings (SSSR count). The van der Waals surface area contributed by atoms with E-state index >= 15 is 0 Å². The van der Waals surface area contributed by atoms with E-state index in [9.17, 15) is 9.59 Å². The fourth-order valence-corrected chi connectivity index (χ4v) is 3.74. The lowest BCUT2D eigenvalue weighted by Crippen LogP contribution is -2.21. The van der Waals surface area contributed by atoms with Gasteiger partial charge in [0.1, 0.15) is 23.0 Å². The van der Waals surface area contributed by atoms with E-state index in [4.69, 9.17) is 16.3 Å². The van der Waals surface area contributed by atoms with Crippen LogP contribution < -0.4 is 20.7 Å². The minimum Gasteiger partial charge on any atom is -0.457 e. The SMILES string of the molecule is CNC(=O)c1cc(Oc2ccc(NC(=O)Nc3cc(C(C)C)nn3-c3cccc(C)c3)c(Cl)c2)ccn1. The van der Waals surface area contributed by atoms with Gasteiger partial charge in [-0.1, -0.05) is 37.6 Å². The van der Waals surface area contributed by atoms with E-state index in [-0.39, 0.29) is 22.5 Å². The molecule has 2 heterocycles. The van der Waals surface area contributed by atoms with Crippen molar-refractivity contribution >= 4 is 35.0 Å². The highest BCUT2D eigenvalue weighted by Crippen LogP contribution is 2.30. The summed E-state index contributed by atoms with van der Waals surface area (Å²) in [7, 11) is 1.53. The molecule has 0 aliphatic rings. The number of ether oxygens (including phenoxy) is 1. The Hall–Kier alpha value is -4.37. The van der Waals surface area contributed by atoms with Crippen LogP contribution in [0.25, 0.3) is 5.69 Å². The van der Waals surface area contributed by atoms with Crippen LogP contribution >= 0.6 is 11.6 Å². The van der Waals surface area contributed by atoms with Crippen LogP contribution in [-0.4, -0.2) is 33.8 Å². The largest absolute Gasteiger partial charge is 0.457 e. The summed E-state index contributed by atoms with van der Waals surface area (Å²) in [5, 5.41) is 13.1. The lowest BCUT2D eigenvalue weighted by Gasteiger charge is -2.12. The summed E-state index contributed by atoms with van der Waals surface area (Å²) in [5.74, 6) is 1.26. The molecule has 3 N–H and O–H groups in total. The number of pyridine rings is 1. The van der Waals surface area contributed by atoms with Crippen molar-refractivity contribution in [2.75, 3.05) is 17.7 Å². The Labute approximate surface area is 219 Å². The van der Waals surface area contributed by atoms with Gasteiger partial charge < -0.3 is 15.4 Å². The third-order valence-electron chi connectivity index (χ3n) is 5.42. The average Bonchev–Trinajstić information content (AvgIpc) is 3.29. The Morgan fingerprint density at radius 2 is 1.78 bits per heavy atom. The summed E-state index contributed by atoms with van der Waals surface area (Å²) in [6.45, 7) is 6.09. The maximum Gasteiger partial charge on any atom is 0.324 e. The molecule has 4 aromatic rings. The highest BCUT2D eigenvalue weighted by atomic mass is 35.5. The van der Waals surface area contributed by atoms with Crippen LogP contribution in [0.3, 0.4) is 0 Å². The molecule has 0 radical (unpaired) electrons. The number of nitrogens with one attached hydrogen (secondary N) is 3. The maximum atomic E-state index is 12.9. The van der Waals surface area contributed by atoms with Crippen LogP contribution in [0.5, 0.6) is 11.5 Å². The fraction of sp³-hybridized carbons (Fsp3) is 0.185. The zero-order chi connectivity index (χ0) is 26.5. The van der Waals surface area contributed by atoms with Crippen molar-refractivity contribution < 1.29 is 14.3 Å². The van der Waals surface area contributed by atoms with Crippen molar-refractivity contribution in [3.05, 3.63) is 88.8 Å². The molecule has 0 bridgehead atoms. The predicted molar refractivity (Wildman–Crippen MR) is 144 cm³/mol. The van der Waals surface area contributed by atoms with Crippen molar-refractivity contribution in [1.82, 2.24) is 20.1 Å². The Bertz CT molecular complexity index is 1450. The summed E-state index contributed by atoms with van der Waals surface area (Å²) >= 11 is 6.42. The van der Waals surface area contributed by atoms with Gasteiger partial charge in [0.25, 0.3) is 5.91 Å². The van der Waals surface area contributed by atoms with Crippen molar-refractivity contribution in [2.24, 2.45) is 0 Å². The van der Waals surface area contributed by atoms with Gasteiger partial charge in [-0.05, 0) is 48.7 Å². The summed E-state index contributed by atoms with van der Waals surface area (Å²) in [5.41, 5.74) is 3.41. The zero-order valence-electron chi connectivity index (χ0n) is 20.9. The minimum atomic E-state index is -0.468. The van der Waals surface area contributed by atoms with Crippen molar-refractivity contribution in [3.8, 4) is 17.2 Å². The third-order valence-corrected chi connectivity index (χ3v) is 5.74. The third kappa shape index (κ3) is 6.25. The number of aryl methyl sites for hydroxylation is 1. The number of hydrogen-bond acceptors (Lipinski definition) is 5. The molecular formula is C27H27ClN6O3. The molecule has 0 saturated heterocycles. The summed E-state index contributed by atoms with van der Waals surface area (Å²) < 4.78 is 7.52. The quantitative estimate of drug-likeness (QED) is 0.272. The molecule has 9 nitrogen and oxygen atoms in total. The molecule has 37 heavy (non-hydrogen) atoms. The predicted octanol–water partition coefficient (Wildman–Crippen LogP) is 6.15. The number of rotatable bonds is 7. The van der Waals surface area contributed by atoms with Gasteiger partial charge in [-0.25, -0.2) is 9.48 Å². The second-order valence-corrected chi connectivity index (χ2v) is 9.05. The van der Waals surface area contributed by atoms with Crippen molar-refractivity contribution in [1.29, 1.82) is 0 Å². The highest BCUT2D eigenvalue weighted by molar-refractivity contribution is 6.34. The highest BCUT2D eigenvalue weighted by Gasteiger charge is 2.16. The maximum absolute atomic E-state index is 12.9. The number of anilines is 2. The summed E-state index contributed by atoms with van der Waals surface area (Å²) in [6, 6.07) is 17.3. The number of halogens is 1.